The minimum absolute atomic E-state index is 0.230. The van der Waals surface area contributed by atoms with E-state index in [-0.39, 0.29) is 12.4 Å². The second-order valence-corrected chi connectivity index (χ2v) is 7.41. The summed E-state index contributed by atoms with van der Waals surface area (Å²) in [5.74, 6) is 0.482. The molecular formula is C23H21FN8O2. The van der Waals surface area contributed by atoms with Crippen LogP contribution in [0.3, 0.4) is 0 Å². The van der Waals surface area contributed by atoms with Gasteiger partial charge in [-0.2, -0.15) is 0 Å². The molecule has 0 spiro atoms. The van der Waals surface area contributed by atoms with Gasteiger partial charge < -0.3 is 19.8 Å². The molecular weight excluding hydrogens is 439 g/mol. The van der Waals surface area contributed by atoms with E-state index in [2.05, 4.69) is 25.3 Å². The number of aromatic nitrogens is 7. The molecule has 2 N–H and O–H groups in total. The minimum Gasteiger partial charge on any atom is -0.481 e. The maximum Gasteiger partial charge on any atom is 0.221 e. The molecule has 172 valence electrons. The highest BCUT2D eigenvalue weighted by Gasteiger charge is 2.18. The van der Waals surface area contributed by atoms with Crippen molar-refractivity contribution in [3.8, 4) is 22.7 Å². The number of benzene rings is 1. The van der Waals surface area contributed by atoms with Crippen LogP contribution in [-0.2, 0) is 17.9 Å². The van der Waals surface area contributed by atoms with Crippen molar-refractivity contribution in [2.75, 3.05) is 19.5 Å². The van der Waals surface area contributed by atoms with Crippen molar-refractivity contribution in [2.24, 2.45) is 0 Å². The second kappa shape index (κ2) is 9.24. The van der Waals surface area contributed by atoms with Gasteiger partial charge in [0.15, 0.2) is 0 Å². The van der Waals surface area contributed by atoms with Gasteiger partial charge in [-0.15, -0.1) is 5.10 Å². The lowest BCUT2D eigenvalue weighted by Crippen LogP contribution is -2.06. The van der Waals surface area contributed by atoms with Gasteiger partial charge in [0, 0.05) is 30.1 Å². The van der Waals surface area contributed by atoms with Crippen LogP contribution in [-0.4, -0.2) is 48.2 Å². The van der Waals surface area contributed by atoms with Crippen LogP contribution in [0.15, 0.2) is 61.3 Å². The van der Waals surface area contributed by atoms with Crippen molar-refractivity contribution in [1.29, 1.82) is 0 Å². The zero-order valence-electron chi connectivity index (χ0n) is 18.3. The molecule has 34 heavy (non-hydrogen) atoms. The molecule has 0 atom stereocenters. The summed E-state index contributed by atoms with van der Waals surface area (Å²) in [7, 11) is 1.57. The Morgan fingerprint density at radius 3 is 2.76 bits per heavy atom. The number of hydrogen-bond donors (Lipinski definition) is 1. The van der Waals surface area contributed by atoms with Crippen molar-refractivity contribution in [3.63, 3.8) is 0 Å². The molecule has 5 aromatic rings. The summed E-state index contributed by atoms with van der Waals surface area (Å²) in [6, 6.07) is 10.1. The third kappa shape index (κ3) is 4.04. The number of rotatable bonds is 8. The molecule has 0 amide bonds. The van der Waals surface area contributed by atoms with Crippen LogP contribution in [0.4, 0.5) is 10.2 Å². The van der Waals surface area contributed by atoms with E-state index in [1.165, 1.54) is 17.1 Å². The summed E-state index contributed by atoms with van der Waals surface area (Å²) in [6.45, 7) is 1.12. The predicted molar refractivity (Wildman–Crippen MR) is 123 cm³/mol. The number of ether oxygens (including phenoxy) is 2. The molecule has 0 radical (unpaired) electrons. The van der Waals surface area contributed by atoms with Gasteiger partial charge in [-0.3, -0.25) is 0 Å². The molecule has 0 aliphatic rings. The minimum atomic E-state index is -0.373. The number of para-hydroxylation sites is 1. The van der Waals surface area contributed by atoms with E-state index in [1.54, 1.807) is 37.7 Å². The van der Waals surface area contributed by atoms with Crippen LogP contribution in [0.1, 0.15) is 5.69 Å². The van der Waals surface area contributed by atoms with Gasteiger partial charge in [-0.05, 0) is 24.3 Å². The van der Waals surface area contributed by atoms with E-state index in [9.17, 15) is 4.39 Å². The van der Waals surface area contributed by atoms with E-state index >= 15 is 0 Å². The van der Waals surface area contributed by atoms with Crippen molar-refractivity contribution < 1.29 is 13.9 Å². The number of hydrogen-bond acceptors (Lipinski definition) is 8. The molecule has 0 aliphatic carbocycles. The zero-order chi connectivity index (χ0) is 23.5. The Kier molecular flexibility index (Phi) is 5.83. The Hall–Kier alpha value is -4.38. The molecule has 0 unspecified atom stereocenters. The van der Waals surface area contributed by atoms with E-state index in [0.29, 0.717) is 41.9 Å². The Morgan fingerprint density at radius 2 is 1.91 bits per heavy atom. The van der Waals surface area contributed by atoms with Gasteiger partial charge in [-0.25, -0.2) is 24.0 Å². The number of nitrogens with two attached hydrogens (primary N) is 1. The molecule has 0 saturated heterocycles. The number of methoxy groups -OCH3 is 1. The first kappa shape index (κ1) is 21.5. The molecule has 11 heteroatoms. The molecule has 0 saturated carbocycles. The number of nitrogen functional groups attached to an aromatic ring is 1. The van der Waals surface area contributed by atoms with Crippen molar-refractivity contribution >= 4 is 16.9 Å². The third-order valence-electron chi connectivity index (χ3n) is 5.30. The molecule has 0 bridgehead atoms. The highest BCUT2D eigenvalue weighted by Crippen LogP contribution is 2.36. The van der Waals surface area contributed by atoms with Crippen LogP contribution in [0.2, 0.25) is 0 Å². The predicted octanol–water partition coefficient (Wildman–Crippen LogP) is 3.02. The molecule has 1 aromatic carbocycles. The van der Waals surface area contributed by atoms with Crippen molar-refractivity contribution in [1.82, 2.24) is 34.5 Å². The summed E-state index contributed by atoms with van der Waals surface area (Å²) < 4.78 is 28.5. The first-order chi connectivity index (χ1) is 16.7. The van der Waals surface area contributed by atoms with Crippen molar-refractivity contribution in [3.05, 3.63) is 72.8 Å². The second-order valence-electron chi connectivity index (χ2n) is 7.41. The number of nitrogens with zero attached hydrogens (tertiary/aromatic N) is 7. The lowest BCUT2D eigenvalue weighted by Gasteiger charge is -2.06. The highest BCUT2D eigenvalue weighted by molar-refractivity contribution is 6.01. The van der Waals surface area contributed by atoms with Gasteiger partial charge in [-0.1, -0.05) is 17.3 Å². The van der Waals surface area contributed by atoms with Gasteiger partial charge in [0.05, 0.1) is 31.9 Å². The lowest BCUT2D eigenvalue weighted by atomic mass is 10.1. The summed E-state index contributed by atoms with van der Waals surface area (Å²) in [6.07, 6.45) is 6.68. The summed E-state index contributed by atoms with van der Waals surface area (Å²) in [5, 5.41) is 8.76. The summed E-state index contributed by atoms with van der Waals surface area (Å²) in [4.78, 5) is 12.8. The van der Waals surface area contributed by atoms with Crippen molar-refractivity contribution in [2.45, 2.75) is 13.2 Å². The monoisotopic (exact) mass is 460 g/mol. The Balaban J connectivity index is 1.32. The number of pyridine rings is 1. The van der Waals surface area contributed by atoms with E-state index in [4.69, 9.17) is 15.2 Å². The average Bonchev–Trinajstić information content (AvgIpc) is 3.48. The van der Waals surface area contributed by atoms with Gasteiger partial charge in [0.1, 0.15) is 35.0 Å². The normalized spacial score (nSPS) is 11.2. The fourth-order valence-corrected chi connectivity index (χ4v) is 3.74. The van der Waals surface area contributed by atoms with Gasteiger partial charge in [0.2, 0.25) is 5.88 Å². The first-order valence-corrected chi connectivity index (χ1v) is 10.5. The highest BCUT2D eigenvalue weighted by atomic mass is 19.1. The Labute approximate surface area is 193 Å². The van der Waals surface area contributed by atoms with Crippen LogP contribution in [0.25, 0.3) is 27.8 Å². The van der Waals surface area contributed by atoms with Crippen LogP contribution in [0, 0.1) is 5.82 Å². The van der Waals surface area contributed by atoms with Crippen LogP contribution in [0.5, 0.6) is 5.88 Å². The fourth-order valence-electron chi connectivity index (χ4n) is 3.74. The summed E-state index contributed by atoms with van der Waals surface area (Å²) >= 11 is 0. The van der Waals surface area contributed by atoms with Gasteiger partial charge >= 0.3 is 0 Å². The van der Waals surface area contributed by atoms with Crippen LogP contribution < -0.4 is 10.5 Å². The molecule has 4 aromatic heterocycles. The zero-order valence-corrected chi connectivity index (χ0v) is 18.3. The lowest BCUT2D eigenvalue weighted by molar-refractivity contribution is 0.111. The smallest absolute Gasteiger partial charge is 0.221 e. The maximum absolute atomic E-state index is 14.0. The molecule has 0 fully saturated rings. The molecule has 10 nitrogen and oxygen atoms in total. The fraction of sp³-hybridized carbons (Fsp3) is 0.174. The molecule has 4 heterocycles. The van der Waals surface area contributed by atoms with Crippen LogP contribution >= 0.6 is 0 Å². The Bertz CT molecular complexity index is 1450. The molecule has 5 rings (SSSR count). The topological polar surface area (TPSA) is 119 Å². The average molecular weight is 460 g/mol. The largest absolute Gasteiger partial charge is 0.481 e. The number of fused-ring (bicyclic) bond motifs is 1. The standard InChI is InChI=1S/C23H21FN8O2/c1-33-23-16(5-4-8-26-23)17-12-31(22-20(17)21(25)27-14-28-22)9-10-34-13-15-11-32(30-29-15)19-7-3-2-6-18(19)24/h2-8,11-12,14H,9-10,13H2,1H3,(H2,25,27,28). The van der Waals surface area contributed by atoms with E-state index < -0.39 is 0 Å². The van der Waals surface area contributed by atoms with E-state index in [1.807, 2.05) is 22.9 Å². The van der Waals surface area contributed by atoms with Gasteiger partial charge in [0.25, 0.3) is 0 Å². The quantitative estimate of drug-likeness (QED) is 0.351. The SMILES string of the molecule is COc1ncccc1-c1cn(CCOCc2cn(-c3ccccc3F)nn2)c2ncnc(N)c12. The maximum atomic E-state index is 14.0. The first-order valence-electron chi connectivity index (χ1n) is 10.5. The number of anilines is 1. The van der Waals surface area contributed by atoms with E-state index in [0.717, 1.165) is 16.5 Å². The third-order valence-corrected chi connectivity index (χ3v) is 5.30. The molecule has 0 aliphatic heterocycles. The number of halogens is 1. The summed E-state index contributed by atoms with van der Waals surface area (Å²) in [5.41, 5.74) is 9.41. The Morgan fingerprint density at radius 1 is 1.03 bits per heavy atom.